The van der Waals surface area contributed by atoms with Gasteiger partial charge in [-0.15, -0.1) is 0 Å². The van der Waals surface area contributed by atoms with Gasteiger partial charge in [-0.05, 0) is 78.2 Å². The van der Waals surface area contributed by atoms with Crippen LogP contribution in [0.5, 0.6) is 11.5 Å². The fraction of sp³-hybridized carbons (Fsp3) is 0.427. The number of aromatic nitrogens is 2. The Kier molecular flexibility index (Phi) is 46.7. The number of ketones is 8. The Hall–Kier alpha value is -8.51. The van der Waals surface area contributed by atoms with Crippen molar-refractivity contribution in [1.29, 1.82) is 0 Å². The number of carbonyl (C=O) groups excluding carboxylic acids is 9. The number of aryl methyl sites for hydroxylation is 1. The average Bonchev–Trinajstić information content (AvgIpc) is 3.25. The van der Waals surface area contributed by atoms with Crippen molar-refractivity contribution in [3.63, 3.8) is 0 Å². The second-order valence-corrected chi connectivity index (χ2v) is 23.7. The molecular weight excluding hydrogens is 1160 g/mol. The molecular formula is C75H105N5O12. The predicted molar refractivity (Wildman–Crippen MR) is 367 cm³/mol. The van der Waals surface area contributed by atoms with Gasteiger partial charge in [0.2, 0.25) is 0 Å². The van der Waals surface area contributed by atoms with Crippen molar-refractivity contribution in [2.75, 3.05) is 13.1 Å². The van der Waals surface area contributed by atoms with Gasteiger partial charge >= 0.3 is 0 Å². The lowest BCUT2D eigenvalue weighted by atomic mass is 10.0. The third-order valence-electron chi connectivity index (χ3n) is 12.8. The summed E-state index contributed by atoms with van der Waals surface area (Å²) in [7, 11) is 0. The van der Waals surface area contributed by atoms with E-state index in [-0.39, 0.29) is 112 Å². The fourth-order valence-electron chi connectivity index (χ4n) is 6.74. The van der Waals surface area contributed by atoms with E-state index in [1.165, 1.54) is 18.2 Å². The Bertz CT molecular complexity index is 3040. The number of amides is 1. The van der Waals surface area contributed by atoms with Gasteiger partial charge in [-0.1, -0.05) is 196 Å². The zero-order chi connectivity index (χ0) is 70.3. The molecule has 0 bridgehead atoms. The van der Waals surface area contributed by atoms with Gasteiger partial charge in [-0.25, -0.2) is 5.48 Å². The number of hydroxylamine groups is 1. The number of phenolic OH excluding ortho intramolecular Hbond substituents is 2. The van der Waals surface area contributed by atoms with Crippen molar-refractivity contribution in [2.24, 2.45) is 58.8 Å². The molecule has 0 atom stereocenters. The van der Waals surface area contributed by atoms with Crippen molar-refractivity contribution in [1.82, 2.24) is 15.4 Å². The molecule has 2 aromatic heterocycles. The Labute approximate surface area is 547 Å². The predicted octanol–water partition coefficient (Wildman–Crippen LogP) is 13.7. The molecule has 6 aromatic rings. The lowest BCUT2D eigenvalue weighted by Gasteiger charge is -2.06. The van der Waals surface area contributed by atoms with Crippen molar-refractivity contribution in [2.45, 2.75) is 149 Å². The molecule has 6 rings (SSSR count). The van der Waals surface area contributed by atoms with Crippen LogP contribution in [0.25, 0.3) is 0 Å². The summed E-state index contributed by atoms with van der Waals surface area (Å²) in [5, 5.41) is 18.1. The molecule has 0 aliphatic rings. The van der Waals surface area contributed by atoms with E-state index in [2.05, 4.69) is 15.4 Å². The molecule has 0 saturated heterocycles. The number of Topliss-reactive ketones (excluding diaryl/α,β-unsaturated/α-hetero) is 8. The van der Waals surface area contributed by atoms with Crippen LogP contribution in [0.3, 0.4) is 0 Å². The van der Waals surface area contributed by atoms with Crippen LogP contribution in [0.15, 0.2) is 158 Å². The zero-order valence-corrected chi connectivity index (χ0v) is 57.3. The molecule has 17 heteroatoms. The van der Waals surface area contributed by atoms with E-state index >= 15 is 0 Å². The lowest BCUT2D eigenvalue weighted by Crippen LogP contribution is -2.27. The molecule has 1 amide bonds. The third kappa shape index (κ3) is 42.5. The smallest absolute Gasteiger partial charge is 0.250 e. The van der Waals surface area contributed by atoms with E-state index in [4.69, 9.17) is 26.5 Å². The number of pyridine rings is 2. The molecule has 92 heavy (non-hydrogen) atoms. The Morgan fingerprint density at radius 1 is 0.413 bits per heavy atom. The first-order chi connectivity index (χ1) is 43.3. The van der Waals surface area contributed by atoms with Crippen LogP contribution in [-0.4, -0.2) is 85.4 Å². The Morgan fingerprint density at radius 2 is 0.826 bits per heavy atom. The number of rotatable bonds is 24. The number of aromatic hydroxyl groups is 2. The lowest BCUT2D eigenvalue weighted by molar-refractivity contribution is -0.139. The molecule has 0 spiro atoms. The van der Waals surface area contributed by atoms with Crippen LogP contribution in [0, 0.1) is 47.3 Å². The zero-order valence-electron chi connectivity index (χ0n) is 57.3. The van der Waals surface area contributed by atoms with Gasteiger partial charge in [0.15, 0.2) is 17.3 Å². The monoisotopic (exact) mass is 1270 g/mol. The summed E-state index contributed by atoms with van der Waals surface area (Å²) in [6.07, 6.45) is 9.34. The number of benzene rings is 4. The van der Waals surface area contributed by atoms with Gasteiger partial charge in [-0.2, -0.15) is 0 Å². The molecule has 0 fully saturated rings. The quantitative estimate of drug-likeness (QED) is 0.0214. The molecule has 0 aliphatic heterocycles. The van der Waals surface area contributed by atoms with E-state index in [9.17, 15) is 43.2 Å². The summed E-state index contributed by atoms with van der Waals surface area (Å²) in [6.45, 7) is 30.9. The molecule has 502 valence electrons. The Balaban J connectivity index is 0. The van der Waals surface area contributed by atoms with Gasteiger partial charge in [0.05, 0.1) is 19.6 Å². The topological polar surface area (TPSA) is 293 Å². The van der Waals surface area contributed by atoms with Crippen molar-refractivity contribution in [3.05, 3.63) is 192 Å². The highest BCUT2D eigenvalue weighted by Gasteiger charge is 2.14. The third-order valence-corrected chi connectivity index (χ3v) is 12.8. The number of nitrogens with two attached hydrogens (primary N) is 2. The average molecular weight is 1270 g/mol. The maximum atomic E-state index is 11.4. The highest BCUT2D eigenvalue weighted by Crippen LogP contribution is 2.16. The molecule has 0 aliphatic carbocycles. The van der Waals surface area contributed by atoms with Crippen LogP contribution >= 0.6 is 0 Å². The maximum Gasteiger partial charge on any atom is 0.250 e. The molecule has 7 N–H and O–H groups in total. The van der Waals surface area contributed by atoms with Crippen LogP contribution in [0.4, 0.5) is 0 Å². The van der Waals surface area contributed by atoms with Gasteiger partial charge < -0.3 is 21.7 Å². The molecule has 0 saturated carbocycles. The highest BCUT2D eigenvalue weighted by atomic mass is 16.6. The van der Waals surface area contributed by atoms with Crippen LogP contribution in [-0.2, 0) is 53.1 Å². The van der Waals surface area contributed by atoms with Crippen molar-refractivity contribution in [3.8, 4) is 11.5 Å². The summed E-state index contributed by atoms with van der Waals surface area (Å²) in [5.41, 5.74) is 17.6. The summed E-state index contributed by atoms with van der Waals surface area (Å²) in [6, 6.07) is 39.3. The second kappa shape index (κ2) is 50.2. The molecule has 0 radical (unpaired) electrons. The number of hydrogen-bond donors (Lipinski definition) is 5. The first-order valence-electron chi connectivity index (χ1n) is 31.3. The maximum absolute atomic E-state index is 11.4. The Morgan fingerprint density at radius 3 is 1.22 bits per heavy atom. The van der Waals surface area contributed by atoms with E-state index in [1.807, 2.05) is 188 Å². The van der Waals surface area contributed by atoms with Crippen LogP contribution in [0.2, 0.25) is 0 Å². The first kappa shape index (κ1) is 85.6. The minimum absolute atomic E-state index is 0.00884. The first-order valence-corrected chi connectivity index (χ1v) is 31.3. The number of phenols is 2. The summed E-state index contributed by atoms with van der Waals surface area (Å²) < 4.78 is 0. The second-order valence-electron chi connectivity index (χ2n) is 23.7. The standard InChI is InChI=1S/C13H17NO3.C11H15NO.C10H13NO.2C10H12O2.C10H12O.C6H13NO.C5H11NO/c1-10(2)12(15)8-13(16)14-17-9-11-6-4-3-5-7-11;1-9(2)11(13)6-5-10-4-3-7-12-8-10;1-8(2)10(12)6-9-4-3-5-11-7-9;1-7(2)10(12)8-3-5-9(11)6-4-8;1-7(2)10(12)8-4-3-5-9(11)6-8;1-8(2)10(11)9-6-4-3-5-7-9;1-5(2)6(8)3-4-7;1-4(2)5(7)3-6/h3-7,10H,8-9H2,1-2H3,(H,14,16);3-4,7-9H,5-6H2,1-2H3;3-5,7-8H,6H2,1-2H3;2*3-7,11H,1-2H3;3-8H,1-2H3;5H,3-4,7H2,1-2H3;4H,3,6H2,1-2H3. The summed E-state index contributed by atoms with van der Waals surface area (Å²) >= 11 is 0. The largest absolute Gasteiger partial charge is 0.508 e. The van der Waals surface area contributed by atoms with Gasteiger partial charge in [0.25, 0.3) is 5.91 Å². The molecule has 0 unspecified atom stereocenters. The van der Waals surface area contributed by atoms with E-state index < -0.39 is 5.91 Å². The SMILES string of the molecule is CC(C)C(=O)CC(=O)NOCc1ccccc1.CC(C)C(=O)CCN.CC(C)C(=O)CCc1cccnc1.CC(C)C(=O)CN.CC(C)C(=O)Cc1cccnc1.CC(C)C(=O)c1ccc(O)cc1.CC(C)C(=O)c1cccc(O)c1.CC(C)C(=O)c1ccccc1. The number of carbonyl (C=O) groups is 9. The van der Waals surface area contributed by atoms with E-state index in [0.717, 1.165) is 28.7 Å². The number of nitrogens with zero attached hydrogens (tertiary/aromatic N) is 2. The minimum Gasteiger partial charge on any atom is -0.508 e. The van der Waals surface area contributed by atoms with Crippen molar-refractivity contribution < 1.29 is 58.2 Å². The summed E-state index contributed by atoms with van der Waals surface area (Å²) in [5.74, 6) is 1.66. The fourth-order valence-corrected chi connectivity index (χ4v) is 6.74. The number of hydrogen-bond acceptors (Lipinski definition) is 16. The van der Waals surface area contributed by atoms with Gasteiger partial charge in [-0.3, -0.25) is 58.0 Å². The number of nitrogens with one attached hydrogen (secondary N) is 1. The van der Waals surface area contributed by atoms with Crippen LogP contribution in [0.1, 0.15) is 178 Å². The molecule has 2 heterocycles. The van der Waals surface area contributed by atoms with Crippen LogP contribution < -0.4 is 16.9 Å². The van der Waals surface area contributed by atoms with E-state index in [0.29, 0.717) is 49.3 Å². The summed E-state index contributed by atoms with van der Waals surface area (Å²) in [4.78, 5) is 113. The highest BCUT2D eigenvalue weighted by molar-refractivity contribution is 5.99. The van der Waals surface area contributed by atoms with E-state index in [1.54, 1.807) is 62.8 Å². The molecule has 4 aromatic carbocycles. The van der Waals surface area contributed by atoms with Gasteiger partial charge in [0, 0.05) is 108 Å². The normalized spacial score (nSPS) is 10.2. The molecule has 17 nitrogen and oxygen atoms in total. The minimum atomic E-state index is -0.403. The van der Waals surface area contributed by atoms with Gasteiger partial charge in [0.1, 0.15) is 40.4 Å². The van der Waals surface area contributed by atoms with Crippen molar-refractivity contribution >= 4 is 52.2 Å².